The summed E-state index contributed by atoms with van der Waals surface area (Å²) in [6.45, 7) is 2.11. The molecule has 2 heterocycles. The average Bonchev–Trinajstić information content (AvgIpc) is 3.39. The number of carbonyl (C=O) groups excluding carboxylic acids is 2. The van der Waals surface area contributed by atoms with Gasteiger partial charge in [0.1, 0.15) is 0 Å². The van der Waals surface area contributed by atoms with Crippen LogP contribution in [0.15, 0.2) is 59.3 Å². The van der Waals surface area contributed by atoms with E-state index in [0.29, 0.717) is 4.88 Å². The highest BCUT2D eigenvalue weighted by Gasteiger charge is 2.18. The Hall–Kier alpha value is -2.44. The van der Waals surface area contributed by atoms with Gasteiger partial charge in [0.2, 0.25) is 5.91 Å². The van der Waals surface area contributed by atoms with Gasteiger partial charge < -0.3 is 10.6 Å². The van der Waals surface area contributed by atoms with E-state index < -0.39 is 0 Å². The molecular formula is C21H22N2O2S2. The molecule has 140 valence electrons. The van der Waals surface area contributed by atoms with E-state index in [2.05, 4.69) is 41.8 Å². The Morgan fingerprint density at radius 1 is 1.00 bits per heavy atom. The molecule has 3 aromatic rings. The first-order valence-electron chi connectivity index (χ1n) is 8.90. The maximum absolute atomic E-state index is 12.4. The zero-order chi connectivity index (χ0) is 19.1. The Bertz CT molecular complexity index is 856. The number of rotatable bonds is 8. The van der Waals surface area contributed by atoms with Crippen molar-refractivity contribution in [2.45, 2.75) is 25.8 Å². The minimum absolute atomic E-state index is 0.0491. The van der Waals surface area contributed by atoms with Crippen LogP contribution < -0.4 is 10.6 Å². The van der Waals surface area contributed by atoms with Crippen LogP contribution in [0.2, 0.25) is 0 Å². The molecular weight excluding hydrogens is 376 g/mol. The number of amides is 2. The molecule has 2 amide bonds. The lowest BCUT2D eigenvalue weighted by Crippen LogP contribution is -2.38. The first-order chi connectivity index (χ1) is 13.2. The number of hydrogen-bond acceptors (Lipinski definition) is 4. The summed E-state index contributed by atoms with van der Waals surface area (Å²) in [6.07, 6.45) is 2.15. The van der Waals surface area contributed by atoms with Crippen molar-refractivity contribution in [2.24, 2.45) is 0 Å². The second-order valence-corrected chi connectivity index (χ2v) is 8.09. The van der Waals surface area contributed by atoms with Crippen molar-refractivity contribution in [3.05, 3.63) is 80.2 Å². The fraction of sp³-hybridized carbons (Fsp3) is 0.238. The summed E-state index contributed by atoms with van der Waals surface area (Å²) in [6, 6.07) is 15.7. The number of hydrogen-bond donors (Lipinski definition) is 2. The van der Waals surface area contributed by atoms with Gasteiger partial charge in [0.15, 0.2) is 0 Å². The summed E-state index contributed by atoms with van der Waals surface area (Å²) >= 11 is 2.96. The van der Waals surface area contributed by atoms with Gasteiger partial charge in [0, 0.05) is 4.88 Å². The van der Waals surface area contributed by atoms with Crippen molar-refractivity contribution in [1.82, 2.24) is 10.6 Å². The molecule has 2 aromatic heterocycles. The van der Waals surface area contributed by atoms with E-state index in [1.165, 1.54) is 16.9 Å². The lowest BCUT2D eigenvalue weighted by atomic mass is 10.0. The molecule has 1 unspecified atom stereocenters. The van der Waals surface area contributed by atoms with Crippen molar-refractivity contribution in [1.29, 1.82) is 0 Å². The molecule has 1 aromatic carbocycles. The van der Waals surface area contributed by atoms with Gasteiger partial charge in [-0.05, 0) is 40.4 Å². The van der Waals surface area contributed by atoms with Crippen molar-refractivity contribution in [3.8, 4) is 0 Å². The minimum atomic E-state index is -0.225. The molecule has 2 N–H and O–H groups in total. The lowest BCUT2D eigenvalue weighted by molar-refractivity contribution is -0.120. The van der Waals surface area contributed by atoms with E-state index in [9.17, 15) is 9.59 Å². The Balaban J connectivity index is 1.66. The number of nitrogens with one attached hydrogen (secondary N) is 2. The predicted octanol–water partition coefficient (Wildman–Crippen LogP) is 4.40. The van der Waals surface area contributed by atoms with E-state index in [-0.39, 0.29) is 24.4 Å². The third-order valence-electron chi connectivity index (χ3n) is 4.14. The van der Waals surface area contributed by atoms with E-state index in [1.54, 1.807) is 17.4 Å². The van der Waals surface area contributed by atoms with E-state index >= 15 is 0 Å². The monoisotopic (exact) mass is 398 g/mol. The average molecular weight is 399 g/mol. The SMILES string of the molecule is CCCc1ccc(C(NC(=O)CNC(=O)c2cccs2)c2cccs2)cc1. The molecule has 0 aliphatic rings. The van der Waals surface area contributed by atoms with Gasteiger partial charge >= 0.3 is 0 Å². The van der Waals surface area contributed by atoms with Gasteiger partial charge in [-0.25, -0.2) is 0 Å². The summed E-state index contributed by atoms with van der Waals surface area (Å²) in [4.78, 5) is 26.1. The van der Waals surface area contributed by atoms with Crippen LogP contribution in [0.3, 0.4) is 0 Å². The van der Waals surface area contributed by atoms with Gasteiger partial charge in [0.25, 0.3) is 5.91 Å². The zero-order valence-electron chi connectivity index (χ0n) is 15.1. The molecule has 0 radical (unpaired) electrons. The van der Waals surface area contributed by atoms with Crippen molar-refractivity contribution < 1.29 is 9.59 Å². The first kappa shape index (κ1) is 19.3. The van der Waals surface area contributed by atoms with Crippen molar-refractivity contribution >= 4 is 34.5 Å². The van der Waals surface area contributed by atoms with Crippen LogP contribution in [0, 0.1) is 0 Å². The highest BCUT2D eigenvalue weighted by Crippen LogP contribution is 2.26. The summed E-state index contributed by atoms with van der Waals surface area (Å²) in [5.74, 6) is -0.437. The molecule has 0 saturated carbocycles. The topological polar surface area (TPSA) is 58.2 Å². The van der Waals surface area contributed by atoms with E-state index in [1.807, 2.05) is 29.0 Å². The summed E-state index contributed by atoms with van der Waals surface area (Å²) < 4.78 is 0. The normalized spacial score (nSPS) is 11.7. The fourth-order valence-electron chi connectivity index (χ4n) is 2.81. The minimum Gasteiger partial charge on any atom is -0.343 e. The van der Waals surface area contributed by atoms with Crippen LogP contribution >= 0.6 is 22.7 Å². The quantitative estimate of drug-likeness (QED) is 0.591. The molecule has 0 aliphatic heterocycles. The Morgan fingerprint density at radius 2 is 1.74 bits per heavy atom. The van der Waals surface area contributed by atoms with Gasteiger partial charge in [-0.3, -0.25) is 9.59 Å². The molecule has 0 saturated heterocycles. The number of thiophene rings is 2. The number of aryl methyl sites for hydroxylation is 1. The van der Waals surface area contributed by atoms with Crippen LogP contribution in [-0.2, 0) is 11.2 Å². The molecule has 27 heavy (non-hydrogen) atoms. The molecule has 0 fully saturated rings. The third kappa shape index (κ3) is 5.28. The maximum Gasteiger partial charge on any atom is 0.261 e. The standard InChI is InChI=1S/C21H22N2O2S2/c1-2-5-15-8-10-16(11-9-15)20(17-6-3-12-26-17)23-19(24)14-22-21(25)18-7-4-13-27-18/h3-4,6-13,20H,2,5,14H2,1H3,(H,22,25)(H,23,24). The summed E-state index contributed by atoms with van der Waals surface area (Å²) in [5, 5.41) is 9.56. The predicted molar refractivity (Wildman–Crippen MR) is 111 cm³/mol. The third-order valence-corrected chi connectivity index (χ3v) is 5.95. The zero-order valence-corrected chi connectivity index (χ0v) is 16.7. The number of benzene rings is 1. The van der Waals surface area contributed by atoms with Gasteiger partial charge in [-0.1, -0.05) is 49.7 Å². The summed E-state index contributed by atoms with van der Waals surface area (Å²) in [5.41, 5.74) is 2.33. The first-order valence-corrected chi connectivity index (χ1v) is 10.7. The Labute approximate surface area is 167 Å². The second kappa shape index (κ2) is 9.48. The van der Waals surface area contributed by atoms with Gasteiger partial charge in [-0.2, -0.15) is 0 Å². The molecule has 1 atom stereocenters. The largest absolute Gasteiger partial charge is 0.343 e. The maximum atomic E-state index is 12.4. The fourth-order valence-corrected chi connectivity index (χ4v) is 4.25. The van der Waals surface area contributed by atoms with Crippen molar-refractivity contribution in [3.63, 3.8) is 0 Å². The van der Waals surface area contributed by atoms with Gasteiger partial charge in [0.05, 0.1) is 17.5 Å². The highest BCUT2D eigenvalue weighted by molar-refractivity contribution is 7.12. The highest BCUT2D eigenvalue weighted by atomic mass is 32.1. The smallest absolute Gasteiger partial charge is 0.261 e. The molecule has 0 spiro atoms. The van der Waals surface area contributed by atoms with Crippen molar-refractivity contribution in [2.75, 3.05) is 6.54 Å². The molecule has 6 heteroatoms. The number of carbonyl (C=O) groups is 2. The molecule has 0 bridgehead atoms. The molecule has 4 nitrogen and oxygen atoms in total. The van der Waals surface area contributed by atoms with Crippen LogP contribution in [0.25, 0.3) is 0 Å². The van der Waals surface area contributed by atoms with Crippen LogP contribution in [0.5, 0.6) is 0 Å². The van der Waals surface area contributed by atoms with Crippen LogP contribution in [0.4, 0.5) is 0 Å². The molecule has 0 aliphatic carbocycles. The summed E-state index contributed by atoms with van der Waals surface area (Å²) in [7, 11) is 0. The van der Waals surface area contributed by atoms with Crippen LogP contribution in [-0.4, -0.2) is 18.4 Å². The van der Waals surface area contributed by atoms with Crippen LogP contribution in [0.1, 0.15) is 45.1 Å². The van der Waals surface area contributed by atoms with E-state index in [4.69, 9.17) is 0 Å². The van der Waals surface area contributed by atoms with E-state index in [0.717, 1.165) is 23.3 Å². The second-order valence-electron chi connectivity index (χ2n) is 6.17. The molecule has 3 rings (SSSR count). The Morgan fingerprint density at radius 3 is 2.37 bits per heavy atom. The Kier molecular flexibility index (Phi) is 6.79. The van der Waals surface area contributed by atoms with Gasteiger partial charge in [-0.15, -0.1) is 22.7 Å². The lowest BCUT2D eigenvalue weighted by Gasteiger charge is -2.19.